The number of benzene rings is 2. The molecule has 1 heterocycles. The number of fused-ring (bicyclic) bond motifs is 1. The summed E-state index contributed by atoms with van der Waals surface area (Å²) in [5, 5.41) is 2.87. The maximum atomic E-state index is 12.4. The molecule has 0 aromatic heterocycles. The van der Waals surface area contributed by atoms with E-state index in [-0.39, 0.29) is 18.2 Å². The van der Waals surface area contributed by atoms with Crippen LogP contribution in [0, 0.1) is 0 Å². The van der Waals surface area contributed by atoms with Gasteiger partial charge in [-0.15, -0.1) is 0 Å². The lowest BCUT2D eigenvalue weighted by atomic mass is 10.1. The quantitative estimate of drug-likeness (QED) is 0.903. The first kappa shape index (κ1) is 16.5. The number of rotatable bonds is 5. The van der Waals surface area contributed by atoms with Gasteiger partial charge in [-0.1, -0.05) is 36.4 Å². The van der Waals surface area contributed by atoms with Gasteiger partial charge in [0.05, 0.1) is 23.2 Å². The summed E-state index contributed by atoms with van der Waals surface area (Å²) in [6.07, 6.45) is 0. The first-order chi connectivity index (χ1) is 11.5. The van der Waals surface area contributed by atoms with Crippen molar-refractivity contribution < 1.29 is 13.2 Å². The minimum Gasteiger partial charge on any atom is -0.363 e. The molecule has 3 rings (SSSR count). The number of likely N-dealkylation sites (N-methyl/N-ethyl adjacent to an activating group) is 1. The molecule has 0 bridgehead atoms. The Kier molecular flexibility index (Phi) is 4.57. The molecule has 24 heavy (non-hydrogen) atoms. The van der Waals surface area contributed by atoms with Crippen molar-refractivity contribution in [1.29, 1.82) is 0 Å². The molecule has 0 radical (unpaired) electrons. The first-order valence-corrected chi connectivity index (χ1v) is 9.57. The predicted octanol–water partition coefficient (Wildman–Crippen LogP) is 2.16. The number of carbonyl (C=O) groups excluding carboxylic acids is 1. The maximum Gasteiger partial charge on any atom is 0.240 e. The summed E-state index contributed by atoms with van der Waals surface area (Å²) in [5.41, 5.74) is 1.64. The predicted molar refractivity (Wildman–Crippen MR) is 93.7 cm³/mol. The van der Waals surface area contributed by atoms with Gasteiger partial charge in [0.25, 0.3) is 0 Å². The van der Waals surface area contributed by atoms with E-state index in [1.807, 2.05) is 42.2 Å². The van der Waals surface area contributed by atoms with E-state index < -0.39 is 15.9 Å². The smallest absolute Gasteiger partial charge is 0.240 e. The molecule has 0 spiro atoms. The molecule has 0 fully saturated rings. The molecule has 0 aliphatic carbocycles. The molecule has 1 amide bonds. The zero-order chi connectivity index (χ0) is 17.2. The van der Waals surface area contributed by atoms with Crippen LogP contribution in [0.3, 0.4) is 0 Å². The average Bonchev–Trinajstić information content (AvgIpc) is 2.84. The summed E-state index contributed by atoms with van der Waals surface area (Å²) in [6, 6.07) is 16.1. The fourth-order valence-electron chi connectivity index (χ4n) is 3.01. The van der Waals surface area contributed by atoms with Gasteiger partial charge in [0.15, 0.2) is 9.84 Å². The van der Waals surface area contributed by atoms with Crippen LogP contribution in [0.5, 0.6) is 0 Å². The van der Waals surface area contributed by atoms with Crippen LogP contribution in [0.2, 0.25) is 0 Å². The summed E-state index contributed by atoms with van der Waals surface area (Å²) in [4.78, 5) is 14.7. The second-order valence-corrected chi connectivity index (χ2v) is 7.79. The molecule has 1 aliphatic heterocycles. The van der Waals surface area contributed by atoms with Gasteiger partial charge in [-0.05, 0) is 30.7 Å². The Morgan fingerprint density at radius 2 is 1.79 bits per heavy atom. The van der Waals surface area contributed by atoms with Crippen LogP contribution in [0.1, 0.15) is 18.5 Å². The molecule has 126 valence electrons. The van der Waals surface area contributed by atoms with Gasteiger partial charge in [-0.25, -0.2) is 8.42 Å². The number of hydrogen-bond acceptors (Lipinski definition) is 4. The van der Waals surface area contributed by atoms with Crippen LogP contribution in [0.4, 0.5) is 5.69 Å². The maximum absolute atomic E-state index is 12.4. The normalized spacial score (nSPS) is 18.0. The SMILES string of the molecule is CCN(CC(=O)NC1CS(=O)(=O)c2ccccc21)c1ccccc1. The molecule has 1 unspecified atom stereocenters. The van der Waals surface area contributed by atoms with E-state index in [4.69, 9.17) is 0 Å². The number of hydrogen-bond donors (Lipinski definition) is 1. The third-order valence-electron chi connectivity index (χ3n) is 4.19. The Morgan fingerprint density at radius 1 is 1.12 bits per heavy atom. The molecule has 1 aliphatic rings. The van der Waals surface area contributed by atoms with Crippen molar-refractivity contribution in [3.05, 3.63) is 60.2 Å². The highest BCUT2D eigenvalue weighted by Crippen LogP contribution is 2.32. The number of nitrogens with one attached hydrogen (secondary N) is 1. The zero-order valence-corrected chi connectivity index (χ0v) is 14.3. The highest BCUT2D eigenvalue weighted by Gasteiger charge is 2.35. The average molecular weight is 344 g/mol. The van der Waals surface area contributed by atoms with Crippen LogP contribution in [-0.4, -0.2) is 33.2 Å². The van der Waals surface area contributed by atoms with Gasteiger partial charge in [-0.3, -0.25) is 4.79 Å². The van der Waals surface area contributed by atoms with Crippen molar-refractivity contribution >= 4 is 21.4 Å². The lowest BCUT2D eigenvalue weighted by Crippen LogP contribution is -2.39. The van der Waals surface area contributed by atoms with Crippen molar-refractivity contribution in [3.8, 4) is 0 Å². The Balaban J connectivity index is 1.72. The molecular formula is C18H20N2O3S. The standard InChI is InChI=1S/C18H20N2O3S/c1-2-20(14-8-4-3-5-9-14)12-18(21)19-16-13-24(22,23)17-11-7-6-10-15(16)17/h3-11,16H,2,12-13H2,1H3,(H,19,21). The summed E-state index contributed by atoms with van der Waals surface area (Å²) in [6.45, 7) is 2.87. The van der Waals surface area contributed by atoms with Gasteiger partial charge in [0.2, 0.25) is 5.91 Å². The van der Waals surface area contributed by atoms with Gasteiger partial charge >= 0.3 is 0 Å². The van der Waals surface area contributed by atoms with Gasteiger partial charge < -0.3 is 10.2 Å². The van der Waals surface area contributed by atoms with E-state index >= 15 is 0 Å². The van der Waals surface area contributed by atoms with E-state index in [0.717, 1.165) is 5.69 Å². The molecule has 0 saturated heterocycles. The number of amides is 1. The monoisotopic (exact) mass is 344 g/mol. The Labute approximate surface area is 142 Å². The lowest BCUT2D eigenvalue weighted by molar-refractivity contribution is -0.120. The molecule has 1 atom stereocenters. The molecule has 1 N–H and O–H groups in total. The van der Waals surface area contributed by atoms with Crippen molar-refractivity contribution in [2.45, 2.75) is 17.9 Å². The van der Waals surface area contributed by atoms with Crippen LogP contribution < -0.4 is 10.2 Å². The highest BCUT2D eigenvalue weighted by molar-refractivity contribution is 7.91. The van der Waals surface area contributed by atoms with E-state index in [1.54, 1.807) is 24.3 Å². The van der Waals surface area contributed by atoms with Crippen molar-refractivity contribution in [2.75, 3.05) is 23.7 Å². The lowest BCUT2D eigenvalue weighted by Gasteiger charge is -2.23. The fourth-order valence-corrected chi connectivity index (χ4v) is 4.74. The van der Waals surface area contributed by atoms with Crippen molar-refractivity contribution in [3.63, 3.8) is 0 Å². The number of para-hydroxylation sites is 1. The van der Waals surface area contributed by atoms with Crippen LogP contribution in [0.15, 0.2) is 59.5 Å². The second-order valence-electron chi connectivity index (χ2n) is 5.79. The Bertz CT molecular complexity index is 834. The summed E-state index contributed by atoms with van der Waals surface area (Å²) in [7, 11) is -3.31. The van der Waals surface area contributed by atoms with Crippen molar-refractivity contribution in [1.82, 2.24) is 5.32 Å². The third-order valence-corrected chi connectivity index (χ3v) is 6.00. The van der Waals surface area contributed by atoms with Crippen molar-refractivity contribution in [2.24, 2.45) is 0 Å². The third kappa shape index (κ3) is 3.28. The van der Waals surface area contributed by atoms with Gasteiger partial charge in [0, 0.05) is 12.2 Å². The van der Waals surface area contributed by atoms with E-state index in [9.17, 15) is 13.2 Å². The molecular weight excluding hydrogens is 324 g/mol. The molecule has 0 saturated carbocycles. The van der Waals surface area contributed by atoms with Crippen LogP contribution in [0.25, 0.3) is 0 Å². The molecule has 6 heteroatoms. The van der Waals surface area contributed by atoms with E-state index in [2.05, 4.69) is 5.32 Å². The Hall–Kier alpha value is -2.34. The minimum atomic E-state index is -3.31. The minimum absolute atomic E-state index is 0.0739. The number of sulfone groups is 1. The van der Waals surface area contributed by atoms with Crippen LogP contribution >= 0.6 is 0 Å². The van der Waals surface area contributed by atoms with Crippen LogP contribution in [-0.2, 0) is 14.6 Å². The number of anilines is 1. The topological polar surface area (TPSA) is 66.5 Å². The van der Waals surface area contributed by atoms with Gasteiger partial charge in [0.1, 0.15) is 0 Å². The summed E-state index contributed by atoms with van der Waals surface area (Å²) >= 11 is 0. The second kappa shape index (κ2) is 6.65. The molecule has 2 aromatic rings. The highest BCUT2D eigenvalue weighted by atomic mass is 32.2. The molecule has 2 aromatic carbocycles. The fraction of sp³-hybridized carbons (Fsp3) is 0.278. The van der Waals surface area contributed by atoms with Gasteiger partial charge in [-0.2, -0.15) is 0 Å². The summed E-state index contributed by atoms with van der Waals surface area (Å²) in [5.74, 6) is -0.257. The number of carbonyl (C=O) groups is 1. The molecule has 5 nitrogen and oxygen atoms in total. The first-order valence-electron chi connectivity index (χ1n) is 7.92. The number of nitrogens with zero attached hydrogens (tertiary/aromatic N) is 1. The van der Waals surface area contributed by atoms with E-state index in [0.29, 0.717) is 17.0 Å². The zero-order valence-electron chi connectivity index (χ0n) is 13.5. The summed E-state index contributed by atoms with van der Waals surface area (Å²) < 4.78 is 24.4. The largest absolute Gasteiger partial charge is 0.363 e. The van der Waals surface area contributed by atoms with E-state index in [1.165, 1.54) is 0 Å². The Morgan fingerprint density at radius 3 is 2.50 bits per heavy atom.